The second-order valence-electron chi connectivity index (χ2n) is 5.69. The van der Waals surface area contributed by atoms with Crippen LogP contribution in [0.3, 0.4) is 0 Å². The van der Waals surface area contributed by atoms with Crippen molar-refractivity contribution in [1.82, 2.24) is 5.09 Å². The van der Waals surface area contributed by atoms with E-state index in [0.29, 0.717) is 17.4 Å². The van der Waals surface area contributed by atoms with Crippen LogP contribution in [0.2, 0.25) is 5.02 Å². The summed E-state index contributed by atoms with van der Waals surface area (Å²) in [5.41, 5.74) is 1.00. The lowest BCUT2D eigenvalue weighted by Crippen LogP contribution is -2.29. The van der Waals surface area contributed by atoms with E-state index in [1.54, 1.807) is 31.2 Å². The van der Waals surface area contributed by atoms with Gasteiger partial charge in [-0.2, -0.15) is 0 Å². The van der Waals surface area contributed by atoms with Crippen molar-refractivity contribution < 1.29 is 18.3 Å². The topological polar surface area (TPSA) is 56.8 Å². The first-order chi connectivity index (χ1) is 12.9. The maximum Gasteiger partial charge on any atom is 0.459 e. The van der Waals surface area contributed by atoms with Crippen molar-refractivity contribution in [2.24, 2.45) is 0 Å². The predicted octanol–water partition coefficient (Wildman–Crippen LogP) is 5.74. The Morgan fingerprint density at radius 1 is 1.22 bits per heavy atom. The molecule has 1 N–H and O–H groups in total. The van der Waals surface area contributed by atoms with E-state index in [0.717, 1.165) is 5.56 Å². The van der Waals surface area contributed by atoms with Gasteiger partial charge in [-0.1, -0.05) is 66.7 Å². The van der Waals surface area contributed by atoms with E-state index < -0.39 is 13.8 Å². The van der Waals surface area contributed by atoms with Gasteiger partial charge in [-0.3, -0.25) is 4.52 Å². The van der Waals surface area contributed by atoms with E-state index in [-0.39, 0.29) is 12.4 Å². The van der Waals surface area contributed by atoms with Crippen LogP contribution in [0.4, 0.5) is 0 Å². The Labute approximate surface area is 165 Å². The Morgan fingerprint density at radius 2 is 1.89 bits per heavy atom. The van der Waals surface area contributed by atoms with Crippen LogP contribution in [0.1, 0.15) is 12.5 Å². The maximum absolute atomic E-state index is 13.1. The van der Waals surface area contributed by atoms with Gasteiger partial charge in [0.1, 0.15) is 18.1 Å². The number of nitrogens with one attached hydrogen (secondary N) is 1. The van der Waals surface area contributed by atoms with Gasteiger partial charge < -0.3 is 9.26 Å². The zero-order valence-corrected chi connectivity index (χ0v) is 16.8. The number of benzene rings is 2. The van der Waals surface area contributed by atoms with E-state index in [4.69, 9.17) is 25.4 Å². The molecule has 2 rings (SSSR count). The fraction of sp³-hybridized carbons (Fsp3) is 0.200. The first-order valence-corrected chi connectivity index (χ1v) is 10.3. The predicted molar refractivity (Wildman–Crippen MR) is 109 cm³/mol. The molecular weight excluding hydrogens is 385 g/mol. The van der Waals surface area contributed by atoms with Crippen LogP contribution in [0.5, 0.6) is 5.75 Å². The summed E-state index contributed by atoms with van der Waals surface area (Å²) in [6, 6.07) is 15.9. The van der Waals surface area contributed by atoms with Crippen LogP contribution in [0, 0.1) is 0 Å². The molecule has 0 saturated carbocycles. The number of para-hydroxylation sites is 1. The highest BCUT2D eigenvalue weighted by Crippen LogP contribution is 2.47. The minimum Gasteiger partial charge on any atom is -0.492 e. The van der Waals surface area contributed by atoms with Crippen LogP contribution in [0.25, 0.3) is 0 Å². The third-order valence-corrected chi connectivity index (χ3v) is 5.46. The van der Waals surface area contributed by atoms with Crippen LogP contribution in [-0.4, -0.2) is 12.6 Å². The Hall–Kier alpha value is -2.04. The number of hydrogen-bond donors (Lipinski definition) is 1. The molecule has 2 aromatic rings. The molecule has 0 saturated heterocycles. The lowest BCUT2D eigenvalue weighted by Gasteiger charge is -2.24. The molecule has 0 spiro atoms. The fourth-order valence-corrected chi connectivity index (χ4v) is 3.82. The van der Waals surface area contributed by atoms with Gasteiger partial charge >= 0.3 is 7.75 Å². The summed E-state index contributed by atoms with van der Waals surface area (Å²) < 4.78 is 29.7. The third kappa shape index (κ3) is 6.89. The molecule has 2 atom stereocenters. The lowest BCUT2D eigenvalue weighted by molar-refractivity contribution is 0.177. The smallest absolute Gasteiger partial charge is 0.459 e. The van der Waals surface area contributed by atoms with Gasteiger partial charge in [0.15, 0.2) is 0 Å². The zero-order valence-electron chi connectivity index (χ0n) is 15.1. The van der Waals surface area contributed by atoms with Gasteiger partial charge in [0.2, 0.25) is 0 Å². The average molecular weight is 408 g/mol. The molecule has 0 aliphatic rings. The van der Waals surface area contributed by atoms with Gasteiger partial charge in [-0.25, -0.2) is 9.65 Å². The summed E-state index contributed by atoms with van der Waals surface area (Å²) in [5.74, 6) is 0.658. The third-order valence-electron chi connectivity index (χ3n) is 3.52. The molecule has 0 fully saturated rings. The SMILES string of the molecule is C=CCOP(=O)(N[C@@H](C)C(=C)OCc1ccccc1)Oc1ccccc1Cl. The molecule has 0 aromatic heterocycles. The summed E-state index contributed by atoms with van der Waals surface area (Å²) >= 11 is 6.09. The Morgan fingerprint density at radius 3 is 2.56 bits per heavy atom. The van der Waals surface area contributed by atoms with Gasteiger partial charge in [0, 0.05) is 0 Å². The van der Waals surface area contributed by atoms with Crippen molar-refractivity contribution in [3.8, 4) is 5.75 Å². The van der Waals surface area contributed by atoms with E-state index in [1.807, 2.05) is 30.3 Å². The van der Waals surface area contributed by atoms with Gasteiger partial charge in [-0.15, -0.1) is 6.58 Å². The first kappa shape index (κ1) is 21.3. The molecule has 1 unspecified atom stereocenters. The van der Waals surface area contributed by atoms with Crippen molar-refractivity contribution >= 4 is 19.3 Å². The second-order valence-corrected chi connectivity index (χ2v) is 7.80. The van der Waals surface area contributed by atoms with E-state index >= 15 is 0 Å². The number of rotatable bonds is 11. The standard InChI is InChI=1S/C20H23ClNO4P/c1-4-14-25-27(23,26-20-13-9-8-12-19(20)21)22-16(2)17(3)24-15-18-10-6-5-7-11-18/h4-13,16H,1,3,14-15H2,2H3,(H,22,23)/t16-,27?/m0/s1. The van der Waals surface area contributed by atoms with E-state index in [2.05, 4.69) is 18.2 Å². The molecular formula is C20H23ClNO4P. The van der Waals surface area contributed by atoms with Crippen molar-refractivity contribution in [2.45, 2.75) is 19.6 Å². The van der Waals surface area contributed by atoms with Crippen molar-refractivity contribution in [2.75, 3.05) is 6.61 Å². The van der Waals surface area contributed by atoms with Crippen LogP contribution in [-0.2, 0) is 20.4 Å². The Kier molecular flexibility index (Phi) is 8.14. The van der Waals surface area contributed by atoms with E-state index in [9.17, 15) is 4.57 Å². The van der Waals surface area contributed by atoms with Gasteiger partial charge in [-0.05, 0) is 24.6 Å². The molecule has 0 amide bonds. The number of hydrogen-bond acceptors (Lipinski definition) is 4. The molecule has 2 aromatic carbocycles. The van der Waals surface area contributed by atoms with Crippen LogP contribution >= 0.6 is 19.3 Å². The molecule has 0 radical (unpaired) electrons. The summed E-state index contributed by atoms with van der Waals surface area (Å²) in [6.45, 7) is 9.62. The molecule has 7 heteroatoms. The van der Waals surface area contributed by atoms with Crippen LogP contribution in [0.15, 0.2) is 79.6 Å². The molecule has 27 heavy (non-hydrogen) atoms. The Balaban J connectivity index is 2.02. The summed E-state index contributed by atoms with van der Waals surface area (Å²) in [6.07, 6.45) is 1.48. The van der Waals surface area contributed by atoms with Crippen molar-refractivity contribution in [3.05, 3.63) is 90.2 Å². The monoisotopic (exact) mass is 407 g/mol. The van der Waals surface area contributed by atoms with Crippen LogP contribution < -0.4 is 9.61 Å². The lowest BCUT2D eigenvalue weighted by atomic mass is 10.2. The number of ether oxygens (including phenoxy) is 1. The second kappa shape index (κ2) is 10.3. The highest BCUT2D eigenvalue weighted by molar-refractivity contribution is 7.52. The summed E-state index contributed by atoms with van der Waals surface area (Å²) in [5, 5.41) is 3.15. The Bertz CT molecular complexity index is 813. The van der Waals surface area contributed by atoms with Crippen molar-refractivity contribution in [1.29, 1.82) is 0 Å². The minimum absolute atomic E-state index is 0.0405. The summed E-state index contributed by atoms with van der Waals surface area (Å²) in [4.78, 5) is 0. The fourth-order valence-electron chi connectivity index (χ4n) is 2.07. The number of halogens is 1. The maximum atomic E-state index is 13.1. The quantitative estimate of drug-likeness (QED) is 0.292. The molecule has 5 nitrogen and oxygen atoms in total. The molecule has 0 heterocycles. The normalized spacial score (nSPS) is 14.0. The average Bonchev–Trinajstić information content (AvgIpc) is 2.67. The minimum atomic E-state index is -3.74. The van der Waals surface area contributed by atoms with E-state index in [1.165, 1.54) is 6.08 Å². The molecule has 0 aliphatic heterocycles. The molecule has 144 valence electrons. The van der Waals surface area contributed by atoms with Gasteiger partial charge in [0.25, 0.3) is 0 Å². The largest absolute Gasteiger partial charge is 0.492 e. The summed E-state index contributed by atoms with van der Waals surface area (Å²) in [7, 11) is -3.74. The van der Waals surface area contributed by atoms with Crippen molar-refractivity contribution in [3.63, 3.8) is 0 Å². The molecule has 0 bridgehead atoms. The molecule has 0 aliphatic carbocycles. The van der Waals surface area contributed by atoms with Gasteiger partial charge in [0.05, 0.1) is 17.7 Å². The first-order valence-electron chi connectivity index (χ1n) is 8.36. The highest BCUT2D eigenvalue weighted by atomic mass is 35.5. The highest BCUT2D eigenvalue weighted by Gasteiger charge is 2.30. The zero-order chi connectivity index (χ0) is 19.7.